The summed E-state index contributed by atoms with van der Waals surface area (Å²) in [4.78, 5) is 4.43. The topological polar surface area (TPSA) is 24.9 Å². The molecule has 2 aromatic rings. The summed E-state index contributed by atoms with van der Waals surface area (Å²) in [6, 6.07) is 10.1. The minimum Gasteiger partial charge on any atom is -0.332 e. The van der Waals surface area contributed by atoms with Gasteiger partial charge in [0.25, 0.3) is 0 Å². The number of benzene rings is 1. The lowest BCUT2D eigenvalue weighted by Crippen LogP contribution is -1.89. The Hall–Kier alpha value is -1.35. The zero-order valence-corrected chi connectivity index (χ0v) is 10.8. The van der Waals surface area contributed by atoms with Gasteiger partial charge in [0, 0.05) is 11.1 Å². The van der Waals surface area contributed by atoms with E-state index in [0.29, 0.717) is 0 Å². The molecule has 0 saturated carbocycles. The normalized spacial score (nSPS) is 9.19. The Morgan fingerprint density at radius 3 is 2.44 bits per heavy atom. The summed E-state index contributed by atoms with van der Waals surface area (Å²) in [5.74, 6) is 0. The molecule has 0 aliphatic rings. The number of nitrogens with one attached hydrogen (secondary N) is 1. The highest BCUT2D eigenvalue weighted by atomic mass is 32.1. The first kappa shape index (κ1) is 12.7. The quantitative estimate of drug-likeness (QED) is 0.847. The average molecular weight is 234 g/mol. The SMILES string of the molecule is CC.CCc1csc(Nc2ccccc2)n1. The van der Waals surface area contributed by atoms with Gasteiger partial charge in [0.1, 0.15) is 0 Å². The molecular formula is C13H18N2S. The number of hydrogen-bond donors (Lipinski definition) is 1. The van der Waals surface area contributed by atoms with Gasteiger partial charge in [0.2, 0.25) is 0 Å². The molecule has 0 spiro atoms. The third kappa shape index (κ3) is 3.66. The minimum absolute atomic E-state index is 0.966. The predicted octanol–water partition coefficient (Wildman–Crippen LogP) is 4.48. The lowest BCUT2D eigenvalue weighted by atomic mass is 10.3. The maximum atomic E-state index is 4.43. The molecule has 0 saturated heterocycles. The molecule has 16 heavy (non-hydrogen) atoms. The molecule has 3 heteroatoms. The molecule has 2 rings (SSSR count). The molecule has 0 atom stereocenters. The number of thiazole rings is 1. The van der Waals surface area contributed by atoms with E-state index in [9.17, 15) is 0 Å². The van der Waals surface area contributed by atoms with Crippen LogP contribution in [0.15, 0.2) is 35.7 Å². The highest BCUT2D eigenvalue weighted by Gasteiger charge is 1.99. The summed E-state index contributed by atoms with van der Waals surface area (Å²) in [5, 5.41) is 6.32. The maximum Gasteiger partial charge on any atom is 0.187 e. The van der Waals surface area contributed by atoms with Crippen LogP contribution in [0.25, 0.3) is 0 Å². The summed E-state index contributed by atoms with van der Waals surface area (Å²) >= 11 is 1.65. The van der Waals surface area contributed by atoms with Gasteiger partial charge < -0.3 is 5.32 Å². The largest absolute Gasteiger partial charge is 0.332 e. The van der Waals surface area contributed by atoms with Crippen LogP contribution in [-0.4, -0.2) is 4.98 Å². The lowest BCUT2D eigenvalue weighted by Gasteiger charge is -2.00. The fourth-order valence-electron chi connectivity index (χ4n) is 1.17. The Balaban J connectivity index is 0.000000606. The van der Waals surface area contributed by atoms with Gasteiger partial charge in [-0.05, 0) is 18.6 Å². The average Bonchev–Trinajstić information content (AvgIpc) is 2.81. The van der Waals surface area contributed by atoms with Crippen molar-refractivity contribution in [1.29, 1.82) is 0 Å². The van der Waals surface area contributed by atoms with Crippen molar-refractivity contribution in [2.75, 3.05) is 5.32 Å². The van der Waals surface area contributed by atoms with E-state index >= 15 is 0 Å². The smallest absolute Gasteiger partial charge is 0.187 e. The summed E-state index contributed by atoms with van der Waals surface area (Å²) in [7, 11) is 0. The lowest BCUT2D eigenvalue weighted by molar-refractivity contribution is 1.06. The van der Waals surface area contributed by atoms with Crippen LogP contribution in [0.5, 0.6) is 0 Å². The zero-order chi connectivity index (χ0) is 11.8. The van der Waals surface area contributed by atoms with E-state index in [-0.39, 0.29) is 0 Å². The van der Waals surface area contributed by atoms with Gasteiger partial charge in [0.15, 0.2) is 5.13 Å². The molecule has 0 amide bonds. The van der Waals surface area contributed by atoms with E-state index in [0.717, 1.165) is 22.9 Å². The fourth-order valence-corrected chi connectivity index (χ4v) is 1.99. The Morgan fingerprint density at radius 1 is 1.19 bits per heavy atom. The first-order chi connectivity index (χ1) is 7.88. The monoisotopic (exact) mass is 234 g/mol. The van der Waals surface area contributed by atoms with Gasteiger partial charge in [0.05, 0.1) is 5.69 Å². The number of anilines is 2. The third-order valence-corrected chi connectivity index (χ3v) is 2.75. The van der Waals surface area contributed by atoms with E-state index in [1.54, 1.807) is 11.3 Å². The number of aryl methyl sites for hydroxylation is 1. The molecule has 0 fully saturated rings. The number of nitrogens with zero attached hydrogens (tertiary/aromatic N) is 1. The Morgan fingerprint density at radius 2 is 1.88 bits per heavy atom. The number of hydrogen-bond acceptors (Lipinski definition) is 3. The van der Waals surface area contributed by atoms with E-state index in [2.05, 4.69) is 22.6 Å². The van der Waals surface area contributed by atoms with Gasteiger partial charge in [-0.2, -0.15) is 0 Å². The summed E-state index contributed by atoms with van der Waals surface area (Å²) < 4.78 is 0. The van der Waals surface area contributed by atoms with Gasteiger partial charge in [-0.3, -0.25) is 0 Å². The van der Waals surface area contributed by atoms with Crippen molar-refractivity contribution in [2.24, 2.45) is 0 Å². The highest BCUT2D eigenvalue weighted by molar-refractivity contribution is 7.13. The van der Waals surface area contributed by atoms with Crippen LogP contribution in [0.2, 0.25) is 0 Å². The van der Waals surface area contributed by atoms with E-state index in [1.165, 1.54) is 0 Å². The van der Waals surface area contributed by atoms with E-state index in [1.807, 2.05) is 44.2 Å². The molecule has 0 bridgehead atoms. The molecule has 1 heterocycles. The van der Waals surface area contributed by atoms with Crippen molar-refractivity contribution in [2.45, 2.75) is 27.2 Å². The van der Waals surface area contributed by atoms with Gasteiger partial charge >= 0.3 is 0 Å². The van der Waals surface area contributed by atoms with Crippen molar-refractivity contribution >= 4 is 22.2 Å². The Kier molecular flexibility index (Phi) is 5.57. The number of rotatable bonds is 3. The first-order valence-electron chi connectivity index (χ1n) is 5.65. The van der Waals surface area contributed by atoms with Crippen LogP contribution in [0, 0.1) is 0 Å². The van der Waals surface area contributed by atoms with Gasteiger partial charge in [-0.25, -0.2) is 4.98 Å². The van der Waals surface area contributed by atoms with Crippen LogP contribution >= 0.6 is 11.3 Å². The molecule has 0 aliphatic carbocycles. The van der Waals surface area contributed by atoms with Crippen LogP contribution in [-0.2, 0) is 6.42 Å². The molecule has 1 aromatic heterocycles. The molecule has 1 N–H and O–H groups in total. The molecule has 2 nitrogen and oxygen atoms in total. The fraction of sp³-hybridized carbons (Fsp3) is 0.308. The van der Waals surface area contributed by atoms with Crippen molar-refractivity contribution in [3.63, 3.8) is 0 Å². The van der Waals surface area contributed by atoms with Crippen molar-refractivity contribution in [3.05, 3.63) is 41.4 Å². The second kappa shape index (κ2) is 7.01. The van der Waals surface area contributed by atoms with E-state index in [4.69, 9.17) is 0 Å². The third-order valence-electron chi connectivity index (χ3n) is 1.94. The molecule has 0 radical (unpaired) electrons. The summed E-state index contributed by atoms with van der Waals surface area (Å²) in [6.45, 7) is 6.11. The second-order valence-electron chi connectivity index (χ2n) is 2.99. The van der Waals surface area contributed by atoms with Crippen molar-refractivity contribution in [3.8, 4) is 0 Å². The standard InChI is InChI=1S/C11H12N2S.C2H6/c1-2-9-8-14-11(12-9)13-10-6-4-3-5-7-10;1-2/h3-8H,2H2,1H3,(H,12,13);1-2H3. The first-order valence-corrected chi connectivity index (χ1v) is 6.53. The number of aromatic nitrogens is 1. The summed E-state index contributed by atoms with van der Waals surface area (Å²) in [6.07, 6.45) is 0.993. The molecule has 1 aromatic carbocycles. The van der Waals surface area contributed by atoms with Gasteiger partial charge in [-0.1, -0.05) is 39.0 Å². The molecular weight excluding hydrogens is 216 g/mol. The molecule has 86 valence electrons. The summed E-state index contributed by atoms with van der Waals surface area (Å²) in [5.41, 5.74) is 2.23. The molecule has 0 aliphatic heterocycles. The van der Waals surface area contributed by atoms with Crippen LogP contribution in [0.3, 0.4) is 0 Å². The van der Waals surface area contributed by atoms with Gasteiger partial charge in [-0.15, -0.1) is 11.3 Å². The Labute approximate surface area is 101 Å². The van der Waals surface area contributed by atoms with Crippen molar-refractivity contribution in [1.82, 2.24) is 4.98 Å². The zero-order valence-electron chi connectivity index (χ0n) is 10.0. The minimum atomic E-state index is 0.966. The van der Waals surface area contributed by atoms with Crippen LogP contribution < -0.4 is 5.32 Å². The predicted molar refractivity (Wildman–Crippen MR) is 72.6 cm³/mol. The maximum absolute atomic E-state index is 4.43. The van der Waals surface area contributed by atoms with Crippen LogP contribution in [0.1, 0.15) is 26.5 Å². The molecule has 0 unspecified atom stereocenters. The number of para-hydroxylation sites is 1. The van der Waals surface area contributed by atoms with Crippen molar-refractivity contribution < 1.29 is 0 Å². The second-order valence-corrected chi connectivity index (χ2v) is 3.85. The highest BCUT2D eigenvalue weighted by Crippen LogP contribution is 2.20. The van der Waals surface area contributed by atoms with Crippen LogP contribution in [0.4, 0.5) is 10.8 Å². The van der Waals surface area contributed by atoms with E-state index < -0.39 is 0 Å². The Bertz CT molecular complexity index is 395.